The summed E-state index contributed by atoms with van der Waals surface area (Å²) < 4.78 is 0. The van der Waals surface area contributed by atoms with E-state index in [9.17, 15) is 4.79 Å². The van der Waals surface area contributed by atoms with Gasteiger partial charge in [-0.05, 0) is 17.6 Å². The molecule has 1 aliphatic rings. The molecule has 5 heteroatoms. The van der Waals surface area contributed by atoms with Crippen molar-refractivity contribution in [3.63, 3.8) is 0 Å². The van der Waals surface area contributed by atoms with E-state index in [-0.39, 0.29) is 29.7 Å². The van der Waals surface area contributed by atoms with Crippen LogP contribution in [0, 0.1) is 28.6 Å². The number of carbonyl (C=O) groups is 1. The molecule has 0 radical (unpaired) electrons. The summed E-state index contributed by atoms with van der Waals surface area (Å²) in [6.07, 6.45) is 3.60. The van der Waals surface area contributed by atoms with Crippen LogP contribution in [-0.4, -0.2) is 17.3 Å². The molecule has 0 saturated heterocycles. The molecule has 2 atom stereocenters. The molecule has 1 saturated carbocycles. The van der Waals surface area contributed by atoms with Gasteiger partial charge in [0.1, 0.15) is 6.07 Å². The van der Waals surface area contributed by atoms with Crippen LogP contribution in [0.15, 0.2) is 11.0 Å². The first-order chi connectivity index (χ1) is 6.45. The van der Waals surface area contributed by atoms with Crippen LogP contribution in [0.1, 0.15) is 13.8 Å². The lowest BCUT2D eigenvalue weighted by molar-refractivity contribution is -0.139. The molecule has 0 amide bonds. The van der Waals surface area contributed by atoms with Gasteiger partial charge in [-0.3, -0.25) is 4.79 Å². The van der Waals surface area contributed by atoms with E-state index in [1.165, 1.54) is 11.8 Å². The monoisotopic (exact) mass is 247 g/mol. The second kappa shape index (κ2) is 4.91. The first-order valence-electron chi connectivity index (χ1n) is 4.34. The number of carboxylic acid groups (broad SMARTS) is 1. The molecule has 1 N–H and O–H groups in total. The van der Waals surface area contributed by atoms with Gasteiger partial charge in [0.25, 0.3) is 0 Å². The molecule has 3 nitrogen and oxygen atoms in total. The Kier molecular flexibility index (Phi) is 4.69. The van der Waals surface area contributed by atoms with Crippen molar-refractivity contribution in [2.45, 2.75) is 13.8 Å². The predicted octanol–water partition coefficient (Wildman–Crippen LogP) is 2.54. The fourth-order valence-electron chi connectivity index (χ4n) is 1.77. The van der Waals surface area contributed by atoms with Gasteiger partial charge in [-0.15, -0.1) is 24.2 Å². The highest BCUT2D eigenvalue weighted by molar-refractivity contribution is 8.02. The van der Waals surface area contributed by atoms with E-state index in [4.69, 9.17) is 10.4 Å². The molecule has 1 aliphatic carbocycles. The minimum Gasteiger partial charge on any atom is -0.481 e. The number of carboxylic acids is 1. The van der Waals surface area contributed by atoms with Gasteiger partial charge in [-0.25, -0.2) is 0 Å². The molecule has 15 heavy (non-hydrogen) atoms. The maximum absolute atomic E-state index is 10.8. The van der Waals surface area contributed by atoms with Crippen LogP contribution < -0.4 is 0 Å². The second-order valence-electron chi connectivity index (χ2n) is 4.01. The Morgan fingerprint density at radius 2 is 2.13 bits per heavy atom. The normalized spacial score (nSPS) is 27.5. The largest absolute Gasteiger partial charge is 0.481 e. The van der Waals surface area contributed by atoms with E-state index in [1.807, 2.05) is 20.1 Å². The van der Waals surface area contributed by atoms with Crippen molar-refractivity contribution in [3.8, 4) is 6.07 Å². The number of aliphatic carboxylic acids is 1. The van der Waals surface area contributed by atoms with E-state index >= 15 is 0 Å². The Morgan fingerprint density at radius 3 is 2.40 bits per heavy atom. The van der Waals surface area contributed by atoms with E-state index in [0.29, 0.717) is 4.91 Å². The fraction of sp³-hybridized carbons (Fsp3) is 0.600. The molecule has 0 heterocycles. The van der Waals surface area contributed by atoms with Crippen LogP contribution in [0.5, 0.6) is 0 Å². The quantitative estimate of drug-likeness (QED) is 0.779. The number of nitriles is 1. The molecule has 1 rings (SSSR count). The molecule has 2 unspecified atom stereocenters. The van der Waals surface area contributed by atoms with Crippen molar-refractivity contribution in [2.24, 2.45) is 17.3 Å². The van der Waals surface area contributed by atoms with E-state index in [0.717, 1.165) is 0 Å². The highest BCUT2D eigenvalue weighted by Gasteiger charge is 2.61. The van der Waals surface area contributed by atoms with Crippen LogP contribution in [0.25, 0.3) is 0 Å². The number of thioether (sulfide) groups is 1. The Hall–Kier alpha value is -0.660. The Bertz CT molecular complexity index is 333. The van der Waals surface area contributed by atoms with Gasteiger partial charge in [-0.1, -0.05) is 19.9 Å². The molecule has 1 fully saturated rings. The number of rotatable bonds is 3. The van der Waals surface area contributed by atoms with Gasteiger partial charge in [0.2, 0.25) is 0 Å². The Morgan fingerprint density at radius 1 is 1.60 bits per heavy atom. The lowest BCUT2D eigenvalue weighted by atomic mass is 10.1. The van der Waals surface area contributed by atoms with Gasteiger partial charge in [0.05, 0.1) is 10.8 Å². The highest BCUT2D eigenvalue weighted by Crippen LogP contribution is 2.59. The zero-order valence-corrected chi connectivity index (χ0v) is 10.5. The summed E-state index contributed by atoms with van der Waals surface area (Å²) in [4.78, 5) is 11.4. The van der Waals surface area contributed by atoms with Crippen molar-refractivity contribution in [2.75, 3.05) is 6.26 Å². The average Bonchev–Trinajstić information content (AvgIpc) is 2.63. The molecule has 0 aromatic carbocycles. The van der Waals surface area contributed by atoms with Crippen LogP contribution >= 0.6 is 24.2 Å². The number of allylic oxidation sites excluding steroid dienone is 2. The fourth-order valence-corrected chi connectivity index (χ4v) is 2.15. The third kappa shape index (κ3) is 2.67. The first-order valence-corrected chi connectivity index (χ1v) is 5.56. The molecule has 0 spiro atoms. The summed E-state index contributed by atoms with van der Waals surface area (Å²) in [6.45, 7) is 3.84. The Balaban J connectivity index is 0.00000196. The van der Waals surface area contributed by atoms with Crippen molar-refractivity contribution in [1.82, 2.24) is 0 Å². The van der Waals surface area contributed by atoms with Gasteiger partial charge >= 0.3 is 5.97 Å². The summed E-state index contributed by atoms with van der Waals surface area (Å²) in [6, 6.07) is 2.05. The number of nitrogens with zero attached hydrogens (tertiary/aromatic N) is 1. The second-order valence-corrected chi connectivity index (χ2v) is 4.86. The topological polar surface area (TPSA) is 61.1 Å². The molecule has 0 aromatic rings. The average molecular weight is 248 g/mol. The lowest BCUT2D eigenvalue weighted by Crippen LogP contribution is -2.03. The summed E-state index contributed by atoms with van der Waals surface area (Å²) in [5.74, 6) is -1.10. The van der Waals surface area contributed by atoms with Crippen LogP contribution in [-0.2, 0) is 4.79 Å². The van der Waals surface area contributed by atoms with E-state index < -0.39 is 5.97 Å². The number of halogens is 1. The van der Waals surface area contributed by atoms with Crippen molar-refractivity contribution in [1.29, 1.82) is 5.26 Å². The van der Waals surface area contributed by atoms with Gasteiger partial charge < -0.3 is 5.11 Å². The molecule has 0 aliphatic heterocycles. The summed E-state index contributed by atoms with van der Waals surface area (Å²) in [5.41, 5.74) is -0.205. The minimum absolute atomic E-state index is 0. The highest BCUT2D eigenvalue weighted by atomic mass is 35.5. The van der Waals surface area contributed by atoms with Crippen molar-refractivity contribution < 1.29 is 9.90 Å². The minimum atomic E-state index is -0.769. The van der Waals surface area contributed by atoms with Gasteiger partial charge in [-0.2, -0.15) is 5.26 Å². The molecule has 0 bridgehead atoms. The number of hydrogen-bond donors (Lipinski definition) is 1. The zero-order valence-electron chi connectivity index (χ0n) is 8.85. The van der Waals surface area contributed by atoms with Crippen molar-refractivity contribution in [3.05, 3.63) is 11.0 Å². The standard InChI is InChI=1S/C10H13NO2S.ClH/c1-10(2)7(8(10)9(12)13)4-6(5-11)14-3;/h4,7-8H,1-3H3,(H,12,13);1H. The maximum Gasteiger partial charge on any atom is 0.307 e. The van der Waals surface area contributed by atoms with Crippen LogP contribution in [0.2, 0.25) is 0 Å². The third-order valence-electron chi connectivity index (χ3n) is 2.84. The van der Waals surface area contributed by atoms with Crippen LogP contribution in [0.4, 0.5) is 0 Å². The van der Waals surface area contributed by atoms with E-state index in [1.54, 1.807) is 6.08 Å². The smallest absolute Gasteiger partial charge is 0.307 e. The van der Waals surface area contributed by atoms with Gasteiger partial charge in [0.15, 0.2) is 0 Å². The lowest BCUT2D eigenvalue weighted by Gasteiger charge is -1.97. The van der Waals surface area contributed by atoms with Gasteiger partial charge in [0, 0.05) is 0 Å². The van der Waals surface area contributed by atoms with Crippen LogP contribution in [0.3, 0.4) is 0 Å². The molecular weight excluding hydrogens is 234 g/mol. The molecular formula is C10H14ClNO2S. The summed E-state index contributed by atoms with van der Waals surface area (Å²) in [5, 5.41) is 17.6. The maximum atomic E-state index is 10.8. The summed E-state index contributed by atoms with van der Waals surface area (Å²) in [7, 11) is 0. The Labute approximate surface area is 100.0 Å². The predicted molar refractivity (Wildman–Crippen MR) is 62.9 cm³/mol. The summed E-state index contributed by atoms with van der Waals surface area (Å²) >= 11 is 1.36. The first kappa shape index (κ1) is 14.3. The SMILES string of the molecule is CSC(C#N)=CC1C(C(=O)O)C1(C)C.Cl. The number of hydrogen-bond acceptors (Lipinski definition) is 3. The molecule has 84 valence electrons. The van der Waals surface area contributed by atoms with E-state index in [2.05, 4.69) is 6.07 Å². The van der Waals surface area contributed by atoms with Crippen molar-refractivity contribution >= 4 is 30.1 Å². The molecule has 0 aromatic heterocycles. The third-order valence-corrected chi connectivity index (χ3v) is 3.50. The zero-order chi connectivity index (χ0) is 10.9.